The minimum atomic E-state index is -0.225. The average Bonchev–Trinajstić information content (AvgIpc) is 2.21. The molecule has 0 heterocycles. The van der Waals surface area contributed by atoms with Crippen molar-refractivity contribution in [2.24, 2.45) is 0 Å². The fraction of sp³-hybridized carbons (Fsp3) is 0.364. The molecule has 0 fully saturated rings. The maximum atomic E-state index is 11.5. The monoisotopic (exact) mass is 289 g/mol. The van der Waals surface area contributed by atoms with Crippen LogP contribution in [0, 0.1) is 0 Å². The zero-order chi connectivity index (χ0) is 11.3. The van der Waals surface area contributed by atoms with Crippen molar-refractivity contribution in [1.29, 1.82) is 0 Å². The molecule has 0 saturated carbocycles. The second-order valence-electron chi connectivity index (χ2n) is 3.16. The van der Waals surface area contributed by atoms with Crippen molar-refractivity contribution in [3.05, 3.63) is 34.9 Å². The average molecular weight is 291 g/mol. The van der Waals surface area contributed by atoms with Crippen LogP contribution in [-0.4, -0.2) is 17.3 Å². The molecule has 82 valence electrons. The first-order chi connectivity index (χ1) is 7.15. The molecule has 0 spiro atoms. The second-order valence-corrected chi connectivity index (χ2v) is 4.67. The molecule has 1 aromatic rings. The molecule has 1 atom stereocenters. The van der Waals surface area contributed by atoms with Gasteiger partial charge in [0.15, 0.2) is 0 Å². The predicted molar refractivity (Wildman–Crippen MR) is 66.6 cm³/mol. The topological polar surface area (TPSA) is 29.1 Å². The van der Waals surface area contributed by atoms with Crippen molar-refractivity contribution in [3.63, 3.8) is 0 Å². The van der Waals surface area contributed by atoms with E-state index in [-0.39, 0.29) is 10.7 Å². The molecule has 4 heteroatoms. The summed E-state index contributed by atoms with van der Waals surface area (Å²) in [6.07, 6.45) is 0.603. The third-order valence-corrected chi connectivity index (χ3v) is 3.10. The van der Waals surface area contributed by atoms with Crippen LogP contribution >= 0.6 is 27.5 Å². The summed E-state index contributed by atoms with van der Waals surface area (Å²) in [7, 11) is 0. The fourth-order valence-electron chi connectivity index (χ4n) is 1.23. The van der Waals surface area contributed by atoms with Gasteiger partial charge >= 0.3 is 0 Å². The third-order valence-electron chi connectivity index (χ3n) is 1.99. The second kappa shape index (κ2) is 6.13. The molecular formula is C11H13BrClNO. The van der Waals surface area contributed by atoms with Gasteiger partial charge in [-0.2, -0.15) is 0 Å². The molecule has 1 amide bonds. The Labute approximate surface area is 103 Å². The van der Waals surface area contributed by atoms with Crippen LogP contribution < -0.4 is 5.32 Å². The Morgan fingerprint density at radius 3 is 2.80 bits per heavy atom. The summed E-state index contributed by atoms with van der Waals surface area (Å²) < 4.78 is 0. The van der Waals surface area contributed by atoms with Crippen LogP contribution in [0.3, 0.4) is 0 Å². The van der Waals surface area contributed by atoms with Crippen molar-refractivity contribution in [2.75, 3.05) is 6.54 Å². The number of benzene rings is 1. The Kier molecular flexibility index (Phi) is 5.12. The first-order valence-electron chi connectivity index (χ1n) is 4.80. The molecule has 1 unspecified atom stereocenters. The predicted octanol–water partition coefficient (Wildman–Crippen LogP) is 2.78. The number of amides is 1. The van der Waals surface area contributed by atoms with Gasteiger partial charge in [0, 0.05) is 11.6 Å². The zero-order valence-electron chi connectivity index (χ0n) is 8.47. The van der Waals surface area contributed by atoms with Gasteiger partial charge in [0.1, 0.15) is 0 Å². The van der Waals surface area contributed by atoms with Crippen molar-refractivity contribution in [1.82, 2.24) is 5.32 Å². The number of carbonyl (C=O) groups is 1. The number of carbonyl (C=O) groups excluding carboxylic acids is 1. The van der Waals surface area contributed by atoms with E-state index in [1.54, 1.807) is 0 Å². The molecule has 0 aliphatic heterocycles. The van der Waals surface area contributed by atoms with Crippen LogP contribution in [0.15, 0.2) is 24.3 Å². The maximum absolute atomic E-state index is 11.5. The molecule has 1 N–H and O–H groups in total. The molecule has 2 nitrogen and oxygen atoms in total. The fourth-order valence-corrected chi connectivity index (χ4v) is 1.96. The highest BCUT2D eigenvalue weighted by molar-refractivity contribution is 9.10. The molecule has 0 aliphatic carbocycles. The van der Waals surface area contributed by atoms with E-state index >= 15 is 0 Å². The third kappa shape index (κ3) is 3.84. The van der Waals surface area contributed by atoms with E-state index in [0.29, 0.717) is 18.0 Å². The summed E-state index contributed by atoms with van der Waals surface area (Å²) in [6.45, 7) is 2.54. The number of nitrogens with one attached hydrogen (secondary N) is 1. The highest BCUT2D eigenvalue weighted by Crippen LogP contribution is 2.19. The van der Waals surface area contributed by atoms with Crippen LogP contribution in [0.5, 0.6) is 0 Å². The number of rotatable bonds is 4. The van der Waals surface area contributed by atoms with Crippen LogP contribution in [0.2, 0.25) is 5.02 Å². The molecular weight excluding hydrogens is 277 g/mol. The zero-order valence-corrected chi connectivity index (χ0v) is 10.8. The Morgan fingerprint density at radius 2 is 2.20 bits per heavy atom. The van der Waals surface area contributed by atoms with E-state index in [1.165, 1.54) is 0 Å². The molecule has 1 rings (SSSR count). The normalized spacial score (nSPS) is 12.2. The summed E-state index contributed by atoms with van der Waals surface area (Å²) in [4.78, 5) is 11.2. The minimum Gasteiger partial charge on any atom is -0.355 e. The van der Waals surface area contributed by atoms with E-state index in [2.05, 4.69) is 21.2 Å². The van der Waals surface area contributed by atoms with Crippen LogP contribution in [-0.2, 0) is 11.2 Å². The highest BCUT2D eigenvalue weighted by atomic mass is 79.9. The van der Waals surface area contributed by atoms with E-state index < -0.39 is 0 Å². The van der Waals surface area contributed by atoms with E-state index in [1.807, 2.05) is 31.2 Å². The summed E-state index contributed by atoms with van der Waals surface area (Å²) in [5.74, 6) is -0.00239. The highest BCUT2D eigenvalue weighted by Gasteiger charge is 2.15. The SMILES string of the molecule is CCNC(=O)C(Br)Cc1ccccc1Cl. The van der Waals surface area contributed by atoms with Gasteiger partial charge < -0.3 is 5.32 Å². The number of alkyl halides is 1. The summed E-state index contributed by atoms with van der Waals surface area (Å²) >= 11 is 9.34. The first kappa shape index (κ1) is 12.5. The summed E-state index contributed by atoms with van der Waals surface area (Å²) in [5.41, 5.74) is 0.979. The molecule has 0 bridgehead atoms. The quantitative estimate of drug-likeness (QED) is 0.849. The number of halogens is 2. The van der Waals surface area contributed by atoms with Gasteiger partial charge in [-0.05, 0) is 25.0 Å². The van der Waals surface area contributed by atoms with Crippen molar-refractivity contribution in [2.45, 2.75) is 18.2 Å². The standard InChI is InChI=1S/C11H13BrClNO/c1-2-14-11(15)9(12)7-8-5-3-4-6-10(8)13/h3-6,9H,2,7H2,1H3,(H,14,15). The number of hydrogen-bond acceptors (Lipinski definition) is 1. The van der Waals surface area contributed by atoms with Gasteiger partial charge in [0.2, 0.25) is 5.91 Å². The summed E-state index contributed by atoms with van der Waals surface area (Å²) in [6, 6.07) is 7.55. The minimum absolute atomic E-state index is 0.00239. The van der Waals surface area contributed by atoms with Crippen molar-refractivity contribution >= 4 is 33.4 Å². The lowest BCUT2D eigenvalue weighted by Gasteiger charge is -2.10. The Morgan fingerprint density at radius 1 is 1.53 bits per heavy atom. The van der Waals surface area contributed by atoms with E-state index in [4.69, 9.17) is 11.6 Å². The summed E-state index contributed by atoms with van der Waals surface area (Å²) in [5, 5.41) is 3.46. The van der Waals surface area contributed by atoms with Gasteiger partial charge in [-0.3, -0.25) is 4.79 Å². The Bertz CT molecular complexity index is 343. The Hall–Kier alpha value is -0.540. The van der Waals surface area contributed by atoms with Gasteiger partial charge in [-0.1, -0.05) is 45.7 Å². The molecule has 1 aromatic carbocycles. The lowest BCUT2D eigenvalue weighted by Crippen LogP contribution is -2.32. The first-order valence-corrected chi connectivity index (χ1v) is 6.09. The van der Waals surface area contributed by atoms with Gasteiger partial charge in [0.25, 0.3) is 0 Å². The van der Waals surface area contributed by atoms with Crippen molar-refractivity contribution in [3.8, 4) is 0 Å². The van der Waals surface area contributed by atoms with Gasteiger partial charge in [-0.25, -0.2) is 0 Å². The molecule has 0 aromatic heterocycles. The Balaban J connectivity index is 2.62. The number of hydrogen-bond donors (Lipinski definition) is 1. The largest absolute Gasteiger partial charge is 0.355 e. The smallest absolute Gasteiger partial charge is 0.234 e. The molecule has 15 heavy (non-hydrogen) atoms. The lowest BCUT2D eigenvalue weighted by atomic mass is 10.1. The van der Waals surface area contributed by atoms with Crippen LogP contribution in [0.25, 0.3) is 0 Å². The van der Waals surface area contributed by atoms with Crippen LogP contribution in [0.4, 0.5) is 0 Å². The van der Waals surface area contributed by atoms with Crippen molar-refractivity contribution < 1.29 is 4.79 Å². The lowest BCUT2D eigenvalue weighted by molar-refractivity contribution is -0.120. The molecule has 0 radical (unpaired) electrons. The molecule has 0 saturated heterocycles. The van der Waals surface area contributed by atoms with Gasteiger partial charge in [-0.15, -0.1) is 0 Å². The van der Waals surface area contributed by atoms with E-state index in [9.17, 15) is 4.79 Å². The molecule has 0 aliphatic rings. The van der Waals surface area contributed by atoms with E-state index in [0.717, 1.165) is 5.56 Å². The van der Waals surface area contributed by atoms with Gasteiger partial charge in [0.05, 0.1) is 4.83 Å². The maximum Gasteiger partial charge on any atom is 0.234 e. The van der Waals surface area contributed by atoms with Crippen LogP contribution in [0.1, 0.15) is 12.5 Å².